The Morgan fingerprint density at radius 3 is 2.69 bits per heavy atom. The molecule has 7 nitrogen and oxygen atoms in total. The van der Waals surface area contributed by atoms with Crippen LogP contribution in [0.25, 0.3) is 0 Å². The van der Waals surface area contributed by atoms with Crippen molar-refractivity contribution in [3.05, 3.63) is 35.9 Å². The molecule has 3 rings (SSSR count). The highest BCUT2D eigenvalue weighted by molar-refractivity contribution is 7.91. The number of benzene rings is 1. The zero-order valence-electron chi connectivity index (χ0n) is 14.7. The van der Waals surface area contributed by atoms with Gasteiger partial charge in [0.1, 0.15) is 5.71 Å². The number of hydrogen-bond donors (Lipinski definition) is 1. The fourth-order valence-corrected chi connectivity index (χ4v) is 4.93. The van der Waals surface area contributed by atoms with Gasteiger partial charge in [-0.05, 0) is 17.9 Å². The molecule has 140 valence electrons. The number of amides is 2. The van der Waals surface area contributed by atoms with Crippen molar-refractivity contribution in [2.24, 2.45) is 5.10 Å². The van der Waals surface area contributed by atoms with Crippen molar-refractivity contribution < 1.29 is 18.0 Å². The Bertz CT molecular complexity index is 820. The number of carbonyl (C=O) groups is 2. The highest BCUT2D eigenvalue weighted by Crippen LogP contribution is 2.22. The van der Waals surface area contributed by atoms with Crippen LogP contribution in [-0.2, 0) is 19.4 Å². The van der Waals surface area contributed by atoms with Gasteiger partial charge in [-0.1, -0.05) is 37.3 Å². The monoisotopic (exact) mass is 377 g/mol. The number of rotatable bonds is 5. The molecular weight excluding hydrogens is 354 g/mol. The van der Waals surface area contributed by atoms with Crippen LogP contribution >= 0.6 is 0 Å². The molecule has 2 amide bonds. The molecule has 26 heavy (non-hydrogen) atoms. The molecule has 2 aliphatic rings. The standard InChI is InChI=1S/C18H23N3O4S/c1-13(14-5-3-2-4-6-14)11-19-18(23)16-7-8-17(22)21(20-16)15-9-10-26(24,25)12-15/h2-6,13,15H,7-12H2,1H3,(H,19,23)/t13-,15-/m0/s1. The summed E-state index contributed by atoms with van der Waals surface area (Å²) in [6.07, 6.45) is 0.828. The van der Waals surface area contributed by atoms with Crippen molar-refractivity contribution >= 4 is 27.4 Å². The van der Waals surface area contributed by atoms with Gasteiger partial charge in [0.15, 0.2) is 9.84 Å². The maximum Gasteiger partial charge on any atom is 0.267 e. The average molecular weight is 377 g/mol. The number of sulfone groups is 1. The first kappa shape index (κ1) is 18.6. The summed E-state index contributed by atoms with van der Waals surface area (Å²) in [6.45, 7) is 2.49. The number of hydrogen-bond acceptors (Lipinski definition) is 5. The van der Waals surface area contributed by atoms with Crippen LogP contribution in [0.5, 0.6) is 0 Å². The summed E-state index contributed by atoms with van der Waals surface area (Å²) in [7, 11) is -3.12. The highest BCUT2D eigenvalue weighted by atomic mass is 32.2. The van der Waals surface area contributed by atoms with E-state index < -0.39 is 15.9 Å². The molecule has 8 heteroatoms. The Morgan fingerprint density at radius 2 is 2.04 bits per heavy atom. The van der Waals surface area contributed by atoms with Crippen molar-refractivity contribution in [1.29, 1.82) is 0 Å². The SMILES string of the molecule is C[C@@H](CNC(=O)C1=NN([C@H]2CCS(=O)(=O)C2)C(=O)CC1)c1ccccc1. The fraction of sp³-hybridized carbons (Fsp3) is 0.500. The summed E-state index contributed by atoms with van der Waals surface area (Å²) >= 11 is 0. The van der Waals surface area contributed by atoms with Crippen LogP contribution in [-0.4, -0.2) is 55.0 Å². The van der Waals surface area contributed by atoms with E-state index in [4.69, 9.17) is 0 Å². The average Bonchev–Trinajstić information content (AvgIpc) is 3.00. The maximum atomic E-state index is 12.4. The number of hydrazone groups is 1. The highest BCUT2D eigenvalue weighted by Gasteiger charge is 2.37. The van der Waals surface area contributed by atoms with Crippen LogP contribution in [0.1, 0.15) is 37.7 Å². The Labute approximate surface area is 153 Å². The van der Waals surface area contributed by atoms with E-state index in [1.54, 1.807) is 0 Å². The Balaban J connectivity index is 1.63. The fourth-order valence-electron chi connectivity index (χ4n) is 3.24. The van der Waals surface area contributed by atoms with Crippen LogP contribution in [0.3, 0.4) is 0 Å². The first-order chi connectivity index (χ1) is 12.4. The molecule has 1 N–H and O–H groups in total. The molecule has 0 aromatic heterocycles. The molecule has 2 aliphatic heterocycles. The lowest BCUT2D eigenvalue weighted by molar-refractivity contribution is -0.133. The van der Waals surface area contributed by atoms with E-state index in [1.807, 2.05) is 37.3 Å². The van der Waals surface area contributed by atoms with Gasteiger partial charge in [-0.3, -0.25) is 9.59 Å². The summed E-state index contributed by atoms with van der Waals surface area (Å²) in [5.41, 5.74) is 1.42. The van der Waals surface area contributed by atoms with Gasteiger partial charge >= 0.3 is 0 Å². The largest absolute Gasteiger partial charge is 0.350 e. The molecule has 1 saturated heterocycles. The second kappa shape index (κ2) is 7.57. The van der Waals surface area contributed by atoms with Gasteiger partial charge in [-0.2, -0.15) is 5.10 Å². The van der Waals surface area contributed by atoms with Gasteiger partial charge in [0.05, 0.1) is 17.5 Å². The third kappa shape index (κ3) is 4.30. The van der Waals surface area contributed by atoms with Gasteiger partial charge in [-0.15, -0.1) is 0 Å². The van der Waals surface area contributed by atoms with E-state index in [1.165, 1.54) is 5.01 Å². The summed E-state index contributed by atoms with van der Waals surface area (Å²) in [5.74, 6) is -0.385. The van der Waals surface area contributed by atoms with Crippen molar-refractivity contribution in [3.63, 3.8) is 0 Å². The summed E-state index contributed by atoms with van der Waals surface area (Å²) < 4.78 is 23.3. The zero-order valence-corrected chi connectivity index (χ0v) is 15.5. The number of carbonyl (C=O) groups excluding carboxylic acids is 2. The number of nitrogens with one attached hydrogen (secondary N) is 1. The summed E-state index contributed by atoms with van der Waals surface area (Å²) in [6, 6.07) is 9.42. The predicted octanol–water partition coefficient (Wildman–Crippen LogP) is 1.07. The van der Waals surface area contributed by atoms with E-state index in [-0.39, 0.29) is 47.8 Å². The molecule has 1 aromatic rings. The minimum atomic E-state index is -3.12. The Hall–Kier alpha value is -2.22. The van der Waals surface area contributed by atoms with Gasteiger partial charge in [-0.25, -0.2) is 13.4 Å². The van der Waals surface area contributed by atoms with Gasteiger partial charge < -0.3 is 5.32 Å². The molecule has 0 bridgehead atoms. The molecule has 0 aliphatic carbocycles. The lowest BCUT2D eigenvalue weighted by Crippen LogP contribution is -2.44. The second-order valence-electron chi connectivity index (χ2n) is 6.86. The summed E-state index contributed by atoms with van der Waals surface area (Å²) in [5, 5.41) is 8.26. The lowest BCUT2D eigenvalue weighted by atomic mass is 10.0. The van der Waals surface area contributed by atoms with Crippen molar-refractivity contribution in [2.75, 3.05) is 18.1 Å². The van der Waals surface area contributed by atoms with E-state index in [9.17, 15) is 18.0 Å². The first-order valence-electron chi connectivity index (χ1n) is 8.79. The van der Waals surface area contributed by atoms with E-state index in [2.05, 4.69) is 10.4 Å². The molecule has 1 aromatic carbocycles. The first-order valence-corrected chi connectivity index (χ1v) is 10.6. The Kier molecular flexibility index (Phi) is 5.41. The minimum absolute atomic E-state index is 0.0626. The van der Waals surface area contributed by atoms with Gasteiger partial charge in [0.25, 0.3) is 5.91 Å². The van der Waals surface area contributed by atoms with Crippen LogP contribution < -0.4 is 5.32 Å². The minimum Gasteiger partial charge on any atom is -0.350 e. The maximum absolute atomic E-state index is 12.4. The van der Waals surface area contributed by atoms with Crippen molar-refractivity contribution in [3.8, 4) is 0 Å². The molecule has 2 heterocycles. The van der Waals surface area contributed by atoms with Crippen LogP contribution in [0, 0.1) is 0 Å². The van der Waals surface area contributed by atoms with Gasteiger partial charge in [0.2, 0.25) is 5.91 Å². The topological polar surface area (TPSA) is 95.9 Å². The second-order valence-corrected chi connectivity index (χ2v) is 9.09. The predicted molar refractivity (Wildman–Crippen MR) is 98.4 cm³/mol. The van der Waals surface area contributed by atoms with E-state index in [0.717, 1.165) is 5.56 Å². The third-order valence-electron chi connectivity index (χ3n) is 4.81. The smallest absolute Gasteiger partial charge is 0.267 e. The van der Waals surface area contributed by atoms with Crippen LogP contribution in [0.15, 0.2) is 35.4 Å². The van der Waals surface area contributed by atoms with Crippen molar-refractivity contribution in [2.45, 2.75) is 38.1 Å². The molecule has 0 radical (unpaired) electrons. The molecule has 2 atom stereocenters. The number of nitrogens with zero attached hydrogens (tertiary/aromatic N) is 2. The van der Waals surface area contributed by atoms with Crippen molar-refractivity contribution in [1.82, 2.24) is 10.3 Å². The molecule has 0 unspecified atom stereocenters. The van der Waals surface area contributed by atoms with E-state index >= 15 is 0 Å². The molecule has 1 fully saturated rings. The lowest BCUT2D eigenvalue weighted by Gasteiger charge is -2.27. The molecular formula is C18H23N3O4S. The quantitative estimate of drug-likeness (QED) is 0.830. The molecule has 0 spiro atoms. The van der Waals surface area contributed by atoms with Gasteiger partial charge in [0, 0.05) is 19.4 Å². The van der Waals surface area contributed by atoms with Crippen LogP contribution in [0.2, 0.25) is 0 Å². The molecule has 0 saturated carbocycles. The third-order valence-corrected chi connectivity index (χ3v) is 6.56. The normalized spacial score (nSPS) is 23.4. The summed E-state index contributed by atoms with van der Waals surface area (Å²) in [4.78, 5) is 24.5. The van der Waals surface area contributed by atoms with Crippen LogP contribution in [0.4, 0.5) is 0 Å². The zero-order chi connectivity index (χ0) is 18.7. The van der Waals surface area contributed by atoms with E-state index in [0.29, 0.717) is 13.0 Å². The Morgan fingerprint density at radius 1 is 1.31 bits per heavy atom.